The Hall–Kier alpha value is -3.06. The number of amidine groups is 1. The molecule has 2 aromatic rings. The molecule has 0 atom stereocenters. The summed E-state index contributed by atoms with van der Waals surface area (Å²) in [4.78, 5) is 28.3. The Kier molecular flexibility index (Phi) is 6.57. The van der Waals surface area contributed by atoms with E-state index in [9.17, 15) is 9.59 Å². The van der Waals surface area contributed by atoms with Gasteiger partial charge in [-0.2, -0.15) is 0 Å². The van der Waals surface area contributed by atoms with Crippen LogP contribution in [0.5, 0.6) is 0 Å². The summed E-state index contributed by atoms with van der Waals surface area (Å²) in [5.74, 6) is -0.497. The standard InChI is InChI=1S/C18H19ClN4O3/c1-11-7-8-13(9-14(11)19)21-18(25)26-23-16(20)10-17(24)22-15-6-4-3-5-12(15)2/h3-9H,10H2,1-2H3,(H2,20,23)(H,21,25)(H,22,24). The summed E-state index contributed by atoms with van der Waals surface area (Å²) in [6, 6.07) is 12.3. The van der Waals surface area contributed by atoms with Gasteiger partial charge in [0.05, 0.1) is 6.42 Å². The lowest BCUT2D eigenvalue weighted by atomic mass is 10.2. The van der Waals surface area contributed by atoms with Crippen LogP contribution in [0.2, 0.25) is 5.02 Å². The van der Waals surface area contributed by atoms with Gasteiger partial charge in [0.1, 0.15) is 5.84 Å². The largest absolute Gasteiger partial charge is 0.437 e. The molecule has 2 amide bonds. The Morgan fingerprint density at radius 3 is 2.54 bits per heavy atom. The first-order chi connectivity index (χ1) is 12.3. The summed E-state index contributed by atoms with van der Waals surface area (Å²) in [5.41, 5.74) is 8.55. The van der Waals surface area contributed by atoms with E-state index >= 15 is 0 Å². The minimum Gasteiger partial charge on any atom is -0.384 e. The zero-order valence-electron chi connectivity index (χ0n) is 14.4. The van der Waals surface area contributed by atoms with E-state index in [1.165, 1.54) is 0 Å². The number of hydrogen-bond acceptors (Lipinski definition) is 4. The highest BCUT2D eigenvalue weighted by atomic mass is 35.5. The fourth-order valence-electron chi connectivity index (χ4n) is 2.02. The van der Waals surface area contributed by atoms with Crippen molar-refractivity contribution in [3.63, 3.8) is 0 Å². The average Bonchev–Trinajstić information content (AvgIpc) is 2.58. The fourth-order valence-corrected chi connectivity index (χ4v) is 2.20. The number of benzene rings is 2. The van der Waals surface area contributed by atoms with Crippen molar-refractivity contribution in [2.45, 2.75) is 20.3 Å². The predicted octanol–water partition coefficient (Wildman–Crippen LogP) is 3.81. The molecule has 136 valence electrons. The Bertz CT molecular complexity index is 852. The molecule has 0 aliphatic heterocycles. The van der Waals surface area contributed by atoms with Crippen molar-refractivity contribution in [3.05, 3.63) is 58.6 Å². The minimum atomic E-state index is -0.841. The molecule has 0 unspecified atom stereocenters. The molecule has 0 aliphatic carbocycles. The highest BCUT2D eigenvalue weighted by molar-refractivity contribution is 6.31. The molecule has 0 fully saturated rings. The molecule has 0 saturated carbocycles. The number of carbonyl (C=O) groups is 2. The van der Waals surface area contributed by atoms with E-state index < -0.39 is 6.09 Å². The van der Waals surface area contributed by atoms with Gasteiger partial charge in [0.25, 0.3) is 0 Å². The molecule has 7 nitrogen and oxygen atoms in total. The van der Waals surface area contributed by atoms with Crippen LogP contribution in [-0.2, 0) is 9.63 Å². The smallest absolute Gasteiger partial charge is 0.384 e. The molecule has 8 heteroatoms. The van der Waals surface area contributed by atoms with Crippen molar-refractivity contribution in [2.75, 3.05) is 10.6 Å². The van der Waals surface area contributed by atoms with E-state index in [0.717, 1.165) is 11.1 Å². The van der Waals surface area contributed by atoms with Gasteiger partial charge in [-0.05, 0) is 43.2 Å². The molecule has 0 aliphatic rings. The molecular formula is C18H19ClN4O3. The van der Waals surface area contributed by atoms with Crippen molar-refractivity contribution in [1.82, 2.24) is 0 Å². The zero-order chi connectivity index (χ0) is 19.1. The first-order valence-corrected chi connectivity index (χ1v) is 8.15. The van der Waals surface area contributed by atoms with Crippen molar-refractivity contribution in [2.24, 2.45) is 10.9 Å². The molecule has 0 radical (unpaired) electrons. The van der Waals surface area contributed by atoms with Gasteiger partial charge in [0.15, 0.2) is 0 Å². The lowest BCUT2D eigenvalue weighted by Gasteiger charge is -2.08. The Labute approximate surface area is 156 Å². The minimum absolute atomic E-state index is 0.131. The number of nitrogens with one attached hydrogen (secondary N) is 2. The van der Waals surface area contributed by atoms with Crippen molar-refractivity contribution in [1.29, 1.82) is 0 Å². The quantitative estimate of drug-likeness (QED) is 0.320. The van der Waals surface area contributed by atoms with Gasteiger partial charge in [-0.15, -0.1) is 0 Å². The van der Waals surface area contributed by atoms with Gasteiger partial charge in [-0.1, -0.05) is 41.0 Å². The lowest BCUT2D eigenvalue weighted by molar-refractivity contribution is -0.115. The normalized spacial score (nSPS) is 11.0. The third kappa shape index (κ3) is 5.78. The van der Waals surface area contributed by atoms with Crippen LogP contribution in [0.15, 0.2) is 47.6 Å². The van der Waals surface area contributed by atoms with E-state index in [1.54, 1.807) is 24.3 Å². The van der Waals surface area contributed by atoms with Crippen LogP contribution < -0.4 is 16.4 Å². The number of para-hydroxylation sites is 1. The highest BCUT2D eigenvalue weighted by Gasteiger charge is 2.09. The number of halogens is 1. The van der Waals surface area contributed by atoms with Gasteiger partial charge in [-0.25, -0.2) is 4.79 Å². The molecule has 2 aromatic carbocycles. The summed E-state index contributed by atoms with van der Waals surface area (Å²) < 4.78 is 0. The SMILES string of the molecule is Cc1ccc(NC(=O)O/N=C(\N)CC(=O)Nc2ccccc2C)cc1Cl. The monoisotopic (exact) mass is 374 g/mol. The highest BCUT2D eigenvalue weighted by Crippen LogP contribution is 2.20. The first-order valence-electron chi connectivity index (χ1n) is 7.77. The number of nitrogens with zero attached hydrogens (tertiary/aromatic N) is 1. The van der Waals surface area contributed by atoms with Crippen LogP contribution in [0, 0.1) is 13.8 Å². The van der Waals surface area contributed by atoms with E-state index in [0.29, 0.717) is 16.4 Å². The second-order valence-corrected chi connectivity index (χ2v) is 6.00. The van der Waals surface area contributed by atoms with Gasteiger partial charge >= 0.3 is 6.09 Å². The molecule has 0 spiro atoms. The number of rotatable bonds is 5. The molecular weight excluding hydrogens is 356 g/mol. The number of aryl methyl sites for hydroxylation is 2. The number of anilines is 2. The van der Waals surface area contributed by atoms with Crippen LogP contribution in [-0.4, -0.2) is 17.8 Å². The van der Waals surface area contributed by atoms with Crippen LogP contribution >= 0.6 is 11.6 Å². The summed E-state index contributed by atoms with van der Waals surface area (Å²) in [6.45, 7) is 3.72. The maximum absolute atomic E-state index is 11.9. The van der Waals surface area contributed by atoms with Gasteiger partial charge in [0, 0.05) is 16.4 Å². The Morgan fingerprint density at radius 2 is 1.85 bits per heavy atom. The average molecular weight is 375 g/mol. The summed E-state index contributed by atoms with van der Waals surface area (Å²) in [5, 5.41) is 9.13. The van der Waals surface area contributed by atoms with Crippen LogP contribution in [0.1, 0.15) is 17.5 Å². The van der Waals surface area contributed by atoms with Crippen LogP contribution in [0.4, 0.5) is 16.2 Å². The Balaban J connectivity index is 1.85. The fraction of sp³-hybridized carbons (Fsp3) is 0.167. The predicted molar refractivity (Wildman–Crippen MR) is 102 cm³/mol. The zero-order valence-corrected chi connectivity index (χ0v) is 15.1. The third-order valence-corrected chi connectivity index (χ3v) is 3.83. The number of amides is 2. The second-order valence-electron chi connectivity index (χ2n) is 5.59. The van der Waals surface area contributed by atoms with Gasteiger partial charge in [0.2, 0.25) is 5.91 Å². The molecule has 4 N–H and O–H groups in total. The lowest BCUT2D eigenvalue weighted by Crippen LogP contribution is -2.23. The molecule has 0 bridgehead atoms. The molecule has 0 heterocycles. The summed E-state index contributed by atoms with van der Waals surface area (Å²) >= 11 is 5.98. The number of hydrogen-bond donors (Lipinski definition) is 3. The molecule has 0 saturated heterocycles. The van der Waals surface area contributed by atoms with Gasteiger partial charge < -0.3 is 11.1 Å². The van der Waals surface area contributed by atoms with Crippen molar-refractivity contribution in [3.8, 4) is 0 Å². The van der Waals surface area contributed by atoms with Crippen LogP contribution in [0.3, 0.4) is 0 Å². The third-order valence-electron chi connectivity index (χ3n) is 3.42. The van der Waals surface area contributed by atoms with E-state index in [1.807, 2.05) is 32.0 Å². The van der Waals surface area contributed by atoms with E-state index in [2.05, 4.69) is 20.6 Å². The maximum atomic E-state index is 11.9. The summed E-state index contributed by atoms with van der Waals surface area (Å²) in [6.07, 6.45) is -1.05. The van der Waals surface area contributed by atoms with Gasteiger partial charge in [-0.3, -0.25) is 14.9 Å². The molecule has 2 rings (SSSR count). The van der Waals surface area contributed by atoms with Crippen LogP contribution in [0.25, 0.3) is 0 Å². The molecule has 0 aromatic heterocycles. The first kappa shape index (κ1) is 19.3. The topological polar surface area (TPSA) is 106 Å². The Morgan fingerprint density at radius 1 is 1.12 bits per heavy atom. The number of carbonyl (C=O) groups excluding carboxylic acids is 2. The van der Waals surface area contributed by atoms with Crippen molar-refractivity contribution >= 4 is 40.8 Å². The summed E-state index contributed by atoms with van der Waals surface area (Å²) in [7, 11) is 0. The van der Waals surface area contributed by atoms with E-state index in [-0.39, 0.29) is 18.2 Å². The van der Waals surface area contributed by atoms with E-state index in [4.69, 9.17) is 17.3 Å². The van der Waals surface area contributed by atoms with Crippen molar-refractivity contribution < 1.29 is 14.4 Å². The number of oxime groups is 1. The number of nitrogens with two attached hydrogens (primary N) is 1. The second kappa shape index (κ2) is 8.87. The molecule has 26 heavy (non-hydrogen) atoms. The maximum Gasteiger partial charge on any atom is 0.437 e.